The van der Waals surface area contributed by atoms with Gasteiger partial charge in [0, 0.05) is 32.2 Å². The first kappa shape index (κ1) is 15.3. The fourth-order valence-corrected chi connectivity index (χ4v) is 2.61. The number of nitrogens with one attached hydrogen (secondary N) is 1. The fraction of sp³-hybridized carbons (Fsp3) is 0.625. The lowest BCUT2D eigenvalue weighted by molar-refractivity contribution is 0.252. The van der Waals surface area contributed by atoms with Gasteiger partial charge in [0.05, 0.1) is 5.69 Å². The van der Waals surface area contributed by atoms with Crippen molar-refractivity contribution < 1.29 is 4.39 Å². The zero-order chi connectivity index (χ0) is 14.4. The van der Waals surface area contributed by atoms with Gasteiger partial charge in [-0.05, 0) is 31.6 Å². The molecule has 0 aromatic heterocycles. The van der Waals surface area contributed by atoms with Crippen molar-refractivity contribution in [3.8, 4) is 0 Å². The van der Waals surface area contributed by atoms with Crippen LogP contribution >= 0.6 is 0 Å². The van der Waals surface area contributed by atoms with E-state index in [0.717, 1.165) is 45.0 Å². The van der Waals surface area contributed by atoms with Crippen LogP contribution in [0, 0.1) is 5.82 Å². The summed E-state index contributed by atoms with van der Waals surface area (Å²) >= 11 is 0. The van der Waals surface area contributed by atoms with Gasteiger partial charge in [-0.1, -0.05) is 26.0 Å². The lowest BCUT2D eigenvalue weighted by atomic mass is 10.2. The average molecular weight is 279 g/mol. The normalized spacial score (nSPS) is 16.9. The molecule has 2 rings (SSSR count). The SMILES string of the molecule is CC(C)NCCCN1CCN(c2ccccc2F)CC1. The van der Waals surface area contributed by atoms with Gasteiger partial charge in [-0.2, -0.15) is 0 Å². The second kappa shape index (κ2) is 7.60. The van der Waals surface area contributed by atoms with Crippen LogP contribution in [0.4, 0.5) is 10.1 Å². The van der Waals surface area contributed by atoms with E-state index < -0.39 is 0 Å². The Balaban J connectivity index is 1.71. The van der Waals surface area contributed by atoms with Crippen LogP contribution in [0.15, 0.2) is 24.3 Å². The Kier molecular flexibility index (Phi) is 5.80. The second-order valence-electron chi connectivity index (χ2n) is 5.74. The molecule has 1 aliphatic rings. The zero-order valence-corrected chi connectivity index (χ0v) is 12.6. The van der Waals surface area contributed by atoms with Gasteiger partial charge in [0.15, 0.2) is 0 Å². The quantitative estimate of drug-likeness (QED) is 0.806. The summed E-state index contributed by atoms with van der Waals surface area (Å²) in [6, 6.07) is 7.63. The molecule has 0 aliphatic carbocycles. The van der Waals surface area contributed by atoms with Crippen molar-refractivity contribution in [1.82, 2.24) is 10.2 Å². The van der Waals surface area contributed by atoms with E-state index in [2.05, 4.69) is 29.0 Å². The minimum absolute atomic E-state index is 0.109. The van der Waals surface area contributed by atoms with Crippen LogP contribution in [0.25, 0.3) is 0 Å². The number of piperazine rings is 1. The summed E-state index contributed by atoms with van der Waals surface area (Å²) in [6.07, 6.45) is 1.18. The molecule has 1 aromatic carbocycles. The third-order valence-electron chi connectivity index (χ3n) is 3.77. The highest BCUT2D eigenvalue weighted by Gasteiger charge is 2.18. The molecule has 1 N–H and O–H groups in total. The van der Waals surface area contributed by atoms with Gasteiger partial charge in [0.25, 0.3) is 0 Å². The molecule has 4 heteroatoms. The summed E-state index contributed by atoms with van der Waals surface area (Å²) in [5.41, 5.74) is 0.744. The van der Waals surface area contributed by atoms with Crippen LogP contribution in [0.5, 0.6) is 0 Å². The number of hydrogen-bond acceptors (Lipinski definition) is 3. The monoisotopic (exact) mass is 279 g/mol. The molecule has 20 heavy (non-hydrogen) atoms. The van der Waals surface area contributed by atoms with Crippen LogP contribution in [0.1, 0.15) is 20.3 Å². The molecule has 0 spiro atoms. The van der Waals surface area contributed by atoms with Crippen molar-refractivity contribution in [3.63, 3.8) is 0 Å². The highest BCUT2D eigenvalue weighted by molar-refractivity contribution is 5.47. The Hall–Kier alpha value is -1.13. The lowest BCUT2D eigenvalue weighted by Crippen LogP contribution is -2.47. The number of halogens is 1. The molecular formula is C16H26FN3. The number of anilines is 1. The average Bonchev–Trinajstić information content (AvgIpc) is 2.45. The summed E-state index contributed by atoms with van der Waals surface area (Å²) < 4.78 is 13.7. The molecule has 0 bridgehead atoms. The van der Waals surface area contributed by atoms with E-state index in [-0.39, 0.29) is 5.82 Å². The van der Waals surface area contributed by atoms with Crippen LogP contribution < -0.4 is 10.2 Å². The molecule has 3 nitrogen and oxygen atoms in total. The molecule has 0 unspecified atom stereocenters. The van der Waals surface area contributed by atoms with E-state index in [0.29, 0.717) is 6.04 Å². The fourth-order valence-electron chi connectivity index (χ4n) is 2.61. The summed E-state index contributed by atoms with van der Waals surface area (Å²) in [5.74, 6) is -0.109. The van der Waals surface area contributed by atoms with Crippen LogP contribution in [0.3, 0.4) is 0 Å². The van der Waals surface area contributed by atoms with Crippen molar-refractivity contribution in [2.24, 2.45) is 0 Å². The number of hydrogen-bond donors (Lipinski definition) is 1. The van der Waals surface area contributed by atoms with Crippen molar-refractivity contribution in [1.29, 1.82) is 0 Å². The van der Waals surface area contributed by atoms with Crippen LogP contribution in [0.2, 0.25) is 0 Å². The van der Waals surface area contributed by atoms with Gasteiger partial charge in [-0.25, -0.2) is 4.39 Å². The summed E-state index contributed by atoms with van der Waals surface area (Å²) in [5, 5.41) is 3.44. The van der Waals surface area contributed by atoms with Gasteiger partial charge < -0.3 is 10.2 Å². The highest BCUT2D eigenvalue weighted by atomic mass is 19.1. The Morgan fingerprint density at radius 3 is 2.50 bits per heavy atom. The summed E-state index contributed by atoms with van der Waals surface area (Å²) in [4.78, 5) is 4.62. The van der Waals surface area contributed by atoms with E-state index in [4.69, 9.17) is 0 Å². The van der Waals surface area contributed by atoms with Crippen LogP contribution in [-0.2, 0) is 0 Å². The first-order valence-corrected chi connectivity index (χ1v) is 7.62. The van der Waals surface area contributed by atoms with Gasteiger partial charge in [-0.3, -0.25) is 4.90 Å². The maximum absolute atomic E-state index is 13.7. The molecule has 1 aromatic rings. The molecule has 0 atom stereocenters. The minimum atomic E-state index is -0.109. The Morgan fingerprint density at radius 2 is 1.85 bits per heavy atom. The van der Waals surface area contributed by atoms with Crippen LogP contribution in [-0.4, -0.2) is 50.2 Å². The molecule has 0 amide bonds. The van der Waals surface area contributed by atoms with E-state index in [9.17, 15) is 4.39 Å². The molecule has 0 radical (unpaired) electrons. The van der Waals surface area contributed by atoms with Gasteiger partial charge >= 0.3 is 0 Å². The van der Waals surface area contributed by atoms with Crippen molar-refractivity contribution >= 4 is 5.69 Å². The molecule has 1 saturated heterocycles. The van der Waals surface area contributed by atoms with E-state index in [1.165, 1.54) is 6.42 Å². The molecule has 1 fully saturated rings. The van der Waals surface area contributed by atoms with Crippen molar-refractivity contribution in [3.05, 3.63) is 30.1 Å². The third-order valence-corrected chi connectivity index (χ3v) is 3.77. The Bertz CT molecular complexity index is 400. The highest BCUT2D eigenvalue weighted by Crippen LogP contribution is 2.19. The number of benzene rings is 1. The maximum Gasteiger partial charge on any atom is 0.146 e. The number of para-hydroxylation sites is 1. The van der Waals surface area contributed by atoms with E-state index in [1.54, 1.807) is 12.1 Å². The van der Waals surface area contributed by atoms with Gasteiger partial charge in [0.1, 0.15) is 5.82 Å². The zero-order valence-electron chi connectivity index (χ0n) is 12.6. The standard InChI is InChI=1S/C16H26FN3/c1-14(2)18-8-5-9-19-10-12-20(13-11-19)16-7-4-3-6-15(16)17/h3-4,6-7,14,18H,5,8-13H2,1-2H3. The van der Waals surface area contributed by atoms with Gasteiger partial charge in [0.2, 0.25) is 0 Å². The first-order chi connectivity index (χ1) is 9.66. The molecular weight excluding hydrogens is 253 g/mol. The van der Waals surface area contributed by atoms with E-state index in [1.807, 2.05) is 12.1 Å². The topological polar surface area (TPSA) is 18.5 Å². The lowest BCUT2D eigenvalue weighted by Gasteiger charge is -2.36. The van der Waals surface area contributed by atoms with Crippen molar-refractivity contribution in [2.45, 2.75) is 26.3 Å². The molecule has 1 aliphatic heterocycles. The summed E-state index contributed by atoms with van der Waals surface area (Å²) in [6.45, 7) is 10.4. The first-order valence-electron chi connectivity index (χ1n) is 7.62. The second-order valence-corrected chi connectivity index (χ2v) is 5.74. The largest absolute Gasteiger partial charge is 0.367 e. The van der Waals surface area contributed by atoms with Gasteiger partial charge in [-0.15, -0.1) is 0 Å². The smallest absolute Gasteiger partial charge is 0.146 e. The maximum atomic E-state index is 13.7. The number of nitrogens with zero attached hydrogens (tertiary/aromatic N) is 2. The molecule has 1 heterocycles. The number of rotatable bonds is 6. The predicted molar refractivity (Wildman–Crippen MR) is 82.8 cm³/mol. The minimum Gasteiger partial charge on any atom is -0.367 e. The molecule has 112 valence electrons. The Labute approximate surface area is 121 Å². The third kappa shape index (κ3) is 4.46. The predicted octanol–water partition coefficient (Wildman–Crippen LogP) is 2.34. The summed E-state index contributed by atoms with van der Waals surface area (Å²) in [7, 11) is 0. The van der Waals surface area contributed by atoms with E-state index >= 15 is 0 Å². The van der Waals surface area contributed by atoms with Crippen molar-refractivity contribution in [2.75, 3.05) is 44.2 Å². The molecule has 0 saturated carbocycles. The Morgan fingerprint density at radius 1 is 1.15 bits per heavy atom.